The number of thiocarbonyl (C=S) groups is 1. The zero-order valence-electron chi connectivity index (χ0n) is 28.1. The summed E-state index contributed by atoms with van der Waals surface area (Å²) in [5.74, 6) is -3.86. The van der Waals surface area contributed by atoms with Crippen molar-refractivity contribution in [1.82, 2.24) is 5.32 Å². The molecule has 52 heavy (non-hydrogen) atoms. The molecule has 3 aliphatic rings. The molecule has 0 radical (unpaired) electrons. The molecule has 1 saturated heterocycles. The normalized spacial score (nSPS) is 25.1. The number of ether oxygens (including phenoxy) is 3. The number of nitrogens with one attached hydrogen (secondary N) is 2. The lowest BCUT2D eigenvalue weighted by atomic mass is 9.72. The summed E-state index contributed by atoms with van der Waals surface area (Å²) in [7, 11) is 1.33. The van der Waals surface area contributed by atoms with Crippen molar-refractivity contribution in [3.63, 3.8) is 0 Å². The van der Waals surface area contributed by atoms with Crippen molar-refractivity contribution in [2.75, 3.05) is 19.0 Å². The van der Waals surface area contributed by atoms with E-state index in [9.17, 15) is 39.9 Å². The third-order valence-corrected chi connectivity index (χ3v) is 10.3. The van der Waals surface area contributed by atoms with Gasteiger partial charge in [-0.05, 0) is 48.1 Å². The molecular weight excluding hydrogens is 692 g/mol. The molecular formula is C38H36N2O11S. The summed E-state index contributed by atoms with van der Waals surface area (Å²) in [6.45, 7) is 0.571. The van der Waals surface area contributed by atoms with Crippen molar-refractivity contribution in [1.29, 1.82) is 0 Å². The van der Waals surface area contributed by atoms with Gasteiger partial charge >= 0.3 is 0 Å². The van der Waals surface area contributed by atoms with Gasteiger partial charge in [-0.15, -0.1) is 0 Å². The number of benzene rings is 4. The number of hydrogen-bond acceptors (Lipinski definition) is 12. The predicted molar refractivity (Wildman–Crippen MR) is 191 cm³/mol. The van der Waals surface area contributed by atoms with E-state index in [2.05, 4.69) is 10.6 Å². The van der Waals surface area contributed by atoms with Gasteiger partial charge in [0.25, 0.3) is 0 Å². The van der Waals surface area contributed by atoms with E-state index in [0.717, 1.165) is 16.5 Å². The Labute approximate surface area is 302 Å². The highest BCUT2D eigenvalue weighted by Gasteiger charge is 2.50. The zero-order chi connectivity index (χ0) is 37.1. The minimum atomic E-state index is -2.30. The van der Waals surface area contributed by atoms with E-state index in [0.29, 0.717) is 0 Å². The Morgan fingerprint density at radius 2 is 1.73 bits per heavy atom. The highest BCUT2D eigenvalue weighted by molar-refractivity contribution is 7.80. The highest BCUT2D eigenvalue weighted by Crippen LogP contribution is 2.52. The third kappa shape index (κ3) is 5.96. The van der Waals surface area contributed by atoms with E-state index in [1.165, 1.54) is 25.3 Å². The number of methoxy groups -OCH3 is 1. The van der Waals surface area contributed by atoms with Crippen LogP contribution in [0.15, 0.2) is 60.7 Å². The van der Waals surface area contributed by atoms with Crippen molar-refractivity contribution in [3.05, 3.63) is 94.0 Å². The number of phenols is 2. The molecule has 0 amide bonds. The number of aliphatic hydroxyl groups is 3. The Bertz CT molecular complexity index is 2160. The molecule has 7 N–H and O–H groups in total. The van der Waals surface area contributed by atoms with Crippen LogP contribution >= 0.6 is 12.2 Å². The number of phenolic OH excluding ortho intramolecular Hbond substituents is 2. The van der Waals surface area contributed by atoms with Crippen LogP contribution in [0.5, 0.6) is 17.2 Å². The molecule has 0 spiro atoms. The van der Waals surface area contributed by atoms with Crippen molar-refractivity contribution >= 4 is 51.1 Å². The van der Waals surface area contributed by atoms with E-state index in [-0.39, 0.29) is 39.5 Å². The van der Waals surface area contributed by atoms with E-state index in [1.807, 2.05) is 42.5 Å². The van der Waals surface area contributed by atoms with Crippen molar-refractivity contribution in [3.8, 4) is 17.2 Å². The summed E-state index contributed by atoms with van der Waals surface area (Å²) in [6.07, 6.45) is -5.52. The number of hydrogen-bond donors (Lipinski definition) is 7. The van der Waals surface area contributed by atoms with Crippen LogP contribution in [0.4, 0.5) is 5.69 Å². The van der Waals surface area contributed by atoms with Gasteiger partial charge in [-0.3, -0.25) is 14.4 Å². The highest BCUT2D eigenvalue weighted by atomic mass is 32.1. The third-order valence-electron chi connectivity index (χ3n) is 10.1. The van der Waals surface area contributed by atoms with Gasteiger partial charge in [-0.2, -0.15) is 0 Å². The van der Waals surface area contributed by atoms with Crippen molar-refractivity contribution in [2.24, 2.45) is 0 Å². The fourth-order valence-corrected chi connectivity index (χ4v) is 7.73. The standard InChI is InChI=1S/C38H36N2O11S/c1-17-32(43)23(40-37(52)39-20-11-10-18-6-3-4-7-19(18)12-20)13-27(50-17)51-25-15-38(48,26(42)16-41)14-22-29(25)36(47)31-30(34(22)45)33(44)21-8-5-9-24(49-2)28(21)35(31)46/h3-12,17,23,25,27,32,41,43,45,47-48H,13-16H2,1-2H3,(H2,39,40,52). The van der Waals surface area contributed by atoms with Crippen LogP contribution in [0.2, 0.25) is 0 Å². The summed E-state index contributed by atoms with van der Waals surface area (Å²) in [6, 6.07) is 17.2. The smallest absolute Gasteiger partial charge is 0.202 e. The maximum atomic E-state index is 13.9. The zero-order valence-corrected chi connectivity index (χ0v) is 28.9. The fraction of sp³-hybridized carbons (Fsp3) is 0.316. The maximum Gasteiger partial charge on any atom is 0.202 e. The largest absolute Gasteiger partial charge is 0.507 e. The second-order valence-corrected chi connectivity index (χ2v) is 13.7. The minimum Gasteiger partial charge on any atom is -0.507 e. The van der Waals surface area contributed by atoms with Gasteiger partial charge in [0, 0.05) is 41.6 Å². The molecule has 6 unspecified atom stereocenters. The van der Waals surface area contributed by atoms with E-state index < -0.39 is 95.7 Å². The van der Waals surface area contributed by atoms with E-state index in [1.54, 1.807) is 6.92 Å². The molecule has 270 valence electrons. The first-order valence-corrected chi connectivity index (χ1v) is 17.0. The van der Waals surface area contributed by atoms with Gasteiger partial charge in [0.05, 0.1) is 42.0 Å². The first-order chi connectivity index (χ1) is 24.8. The summed E-state index contributed by atoms with van der Waals surface area (Å²) >= 11 is 5.57. The SMILES string of the molecule is COc1cccc2c1C(=O)c1c(O)c3c(c(O)c1C2=O)CC(O)(C(=O)CO)CC3OC1CC(NC(=S)Nc2ccc3ccccc3c2)C(O)C(C)O1. The Hall–Kier alpha value is -4.96. The maximum absolute atomic E-state index is 13.9. The number of aromatic hydroxyl groups is 2. The molecule has 0 aromatic heterocycles. The van der Waals surface area contributed by atoms with Gasteiger partial charge in [0.2, 0.25) is 5.78 Å². The number of carbonyl (C=O) groups excluding carboxylic acids is 3. The first-order valence-electron chi connectivity index (χ1n) is 16.6. The van der Waals surface area contributed by atoms with E-state index >= 15 is 0 Å². The van der Waals surface area contributed by atoms with Gasteiger partial charge in [0.1, 0.15) is 35.6 Å². The van der Waals surface area contributed by atoms with Crippen LogP contribution in [-0.4, -0.2) is 91.9 Å². The molecule has 1 aliphatic heterocycles. The van der Waals surface area contributed by atoms with E-state index in [4.69, 9.17) is 26.4 Å². The van der Waals surface area contributed by atoms with Crippen LogP contribution in [0.1, 0.15) is 68.8 Å². The van der Waals surface area contributed by atoms with Crippen LogP contribution in [0, 0.1) is 0 Å². The molecule has 6 atom stereocenters. The van der Waals surface area contributed by atoms with Gasteiger partial charge in [0.15, 0.2) is 23.0 Å². The number of rotatable bonds is 7. The molecule has 4 aromatic rings. The monoisotopic (exact) mass is 728 g/mol. The van der Waals surface area contributed by atoms with Crippen LogP contribution in [0.3, 0.4) is 0 Å². The Kier molecular flexibility index (Phi) is 9.23. The number of fused-ring (bicyclic) bond motifs is 4. The Morgan fingerprint density at radius 1 is 1.00 bits per heavy atom. The van der Waals surface area contributed by atoms with Crippen molar-refractivity contribution in [2.45, 2.75) is 62.4 Å². The van der Waals surface area contributed by atoms with Gasteiger partial charge in [-0.25, -0.2) is 0 Å². The quantitative estimate of drug-likeness (QED) is 0.0951. The second kappa shape index (κ2) is 13.5. The second-order valence-electron chi connectivity index (χ2n) is 13.3. The number of anilines is 1. The molecule has 13 nitrogen and oxygen atoms in total. The lowest BCUT2D eigenvalue weighted by Gasteiger charge is -2.43. The molecule has 0 bridgehead atoms. The summed E-state index contributed by atoms with van der Waals surface area (Å²) in [4.78, 5) is 40.6. The number of aliphatic hydroxyl groups excluding tert-OH is 2. The molecule has 0 saturated carbocycles. The molecule has 1 heterocycles. The number of ketones is 3. The lowest BCUT2D eigenvalue weighted by Crippen LogP contribution is -2.56. The molecule has 14 heteroatoms. The first kappa shape index (κ1) is 35.4. The van der Waals surface area contributed by atoms with Gasteiger partial charge in [-0.1, -0.05) is 42.5 Å². The molecule has 2 aliphatic carbocycles. The summed E-state index contributed by atoms with van der Waals surface area (Å²) < 4.78 is 17.6. The number of Topliss-reactive ketones (excluding diaryl/α,β-unsaturated/α-hetero) is 1. The summed E-state index contributed by atoms with van der Waals surface area (Å²) in [5, 5.41) is 64.2. The lowest BCUT2D eigenvalue weighted by molar-refractivity contribution is -0.248. The summed E-state index contributed by atoms with van der Waals surface area (Å²) in [5.41, 5.74) is -3.06. The van der Waals surface area contributed by atoms with Crippen LogP contribution < -0.4 is 15.4 Å². The molecule has 1 fully saturated rings. The van der Waals surface area contributed by atoms with Crippen molar-refractivity contribution < 1.29 is 54.1 Å². The number of carbonyl (C=O) groups is 3. The predicted octanol–water partition coefficient (Wildman–Crippen LogP) is 3.18. The Morgan fingerprint density at radius 3 is 2.46 bits per heavy atom. The van der Waals surface area contributed by atoms with Crippen LogP contribution in [-0.2, 0) is 20.7 Å². The minimum absolute atomic E-state index is 0.0110. The van der Waals surface area contributed by atoms with Gasteiger partial charge < -0.3 is 50.4 Å². The average Bonchev–Trinajstić information content (AvgIpc) is 3.13. The van der Waals surface area contributed by atoms with Crippen LogP contribution in [0.25, 0.3) is 10.8 Å². The molecule has 7 rings (SSSR count). The average molecular weight is 729 g/mol. The molecule has 4 aromatic carbocycles. The topological polar surface area (TPSA) is 204 Å². The fourth-order valence-electron chi connectivity index (χ4n) is 7.46. The Balaban J connectivity index is 1.21.